The topological polar surface area (TPSA) is 57.5 Å². The summed E-state index contributed by atoms with van der Waals surface area (Å²) in [7, 11) is 0. The fourth-order valence-corrected chi connectivity index (χ4v) is 10.3. The van der Waals surface area contributed by atoms with E-state index in [9.17, 15) is 15.0 Å². The van der Waals surface area contributed by atoms with Gasteiger partial charge >= 0.3 is 0 Å². The standard InChI is InChI=1S/C29H46O3/c1-25(2)15-18-17(21(31)16-25)8-12-28(6)19(18)14-20(30)24-27(5)11-10-23(32)26(3,4)22(27)9-13-29(24,28)7/h17,21-24,31-32H,8-16H2,1-7H3/t17-,21-,22+,23+,24-,27+,28-,29-/m1/s1. The van der Waals surface area contributed by atoms with Crippen LogP contribution < -0.4 is 0 Å². The fourth-order valence-electron chi connectivity index (χ4n) is 10.3. The van der Waals surface area contributed by atoms with Crippen LogP contribution in [-0.4, -0.2) is 28.2 Å². The van der Waals surface area contributed by atoms with E-state index in [2.05, 4.69) is 48.5 Å². The van der Waals surface area contributed by atoms with Gasteiger partial charge in [-0.05, 0) is 84.4 Å². The minimum absolute atomic E-state index is 0.0335. The minimum Gasteiger partial charge on any atom is -0.393 e. The Morgan fingerprint density at radius 2 is 1.56 bits per heavy atom. The first kappa shape index (κ1) is 23.1. The largest absolute Gasteiger partial charge is 0.393 e. The molecule has 0 aliphatic heterocycles. The van der Waals surface area contributed by atoms with E-state index in [4.69, 9.17) is 0 Å². The third kappa shape index (κ3) is 2.76. The van der Waals surface area contributed by atoms with Crippen LogP contribution in [-0.2, 0) is 4.79 Å². The van der Waals surface area contributed by atoms with Crippen LogP contribution in [0.2, 0.25) is 0 Å². The molecule has 4 saturated carbocycles. The van der Waals surface area contributed by atoms with Crippen molar-refractivity contribution in [2.75, 3.05) is 0 Å². The molecule has 8 atom stereocenters. The molecule has 0 saturated heterocycles. The molecular formula is C29H46O3. The molecule has 0 heterocycles. The number of rotatable bonds is 0. The van der Waals surface area contributed by atoms with E-state index in [0.29, 0.717) is 18.1 Å². The Bertz CT molecular complexity index is 868. The Morgan fingerprint density at radius 1 is 0.875 bits per heavy atom. The van der Waals surface area contributed by atoms with Gasteiger partial charge in [0.1, 0.15) is 5.78 Å². The highest BCUT2D eigenvalue weighted by Gasteiger charge is 2.69. The zero-order valence-corrected chi connectivity index (χ0v) is 21.6. The third-order valence-electron chi connectivity index (χ3n) is 12.0. The molecule has 0 bridgehead atoms. The number of aliphatic hydroxyl groups excluding tert-OH is 2. The highest BCUT2D eigenvalue weighted by molar-refractivity contribution is 5.87. The van der Waals surface area contributed by atoms with Crippen LogP contribution in [0.1, 0.15) is 106 Å². The van der Waals surface area contributed by atoms with Crippen molar-refractivity contribution in [2.24, 2.45) is 44.8 Å². The summed E-state index contributed by atoms with van der Waals surface area (Å²) in [5.74, 6) is 1.18. The van der Waals surface area contributed by atoms with Gasteiger partial charge < -0.3 is 10.2 Å². The smallest absolute Gasteiger partial charge is 0.141 e. The second kappa shape index (κ2) is 6.72. The Labute approximate surface area is 195 Å². The van der Waals surface area contributed by atoms with Crippen molar-refractivity contribution in [2.45, 2.75) is 118 Å². The molecule has 0 aromatic rings. The number of carbonyl (C=O) groups is 1. The Balaban J connectivity index is 1.63. The molecule has 0 amide bonds. The number of ketones is 1. The maximum absolute atomic E-state index is 14.1. The Hall–Kier alpha value is -0.670. The molecule has 4 fully saturated rings. The van der Waals surface area contributed by atoms with E-state index < -0.39 is 0 Å². The molecule has 180 valence electrons. The van der Waals surface area contributed by atoms with E-state index in [1.54, 1.807) is 0 Å². The summed E-state index contributed by atoms with van der Waals surface area (Å²) in [5, 5.41) is 21.9. The molecule has 0 aromatic carbocycles. The highest BCUT2D eigenvalue weighted by Crippen LogP contribution is 2.73. The lowest BCUT2D eigenvalue weighted by atomic mass is 9.34. The van der Waals surface area contributed by atoms with E-state index in [1.807, 2.05) is 0 Å². The van der Waals surface area contributed by atoms with Crippen LogP contribution in [0.3, 0.4) is 0 Å². The van der Waals surface area contributed by atoms with E-state index in [-0.39, 0.29) is 51.1 Å². The number of hydrogen-bond donors (Lipinski definition) is 2. The average Bonchev–Trinajstić information content (AvgIpc) is 2.65. The molecule has 5 rings (SSSR count). The molecule has 0 unspecified atom stereocenters. The number of Topliss-reactive ketones (excluding diaryl/α,β-unsaturated/α-hetero) is 1. The second-order valence-electron chi connectivity index (χ2n) is 14.6. The summed E-state index contributed by atoms with van der Waals surface area (Å²) in [4.78, 5) is 14.1. The van der Waals surface area contributed by atoms with E-state index in [1.165, 1.54) is 11.1 Å². The molecule has 0 radical (unpaired) electrons. The predicted octanol–water partition coefficient (Wildman–Crippen LogP) is 6.07. The molecular weight excluding hydrogens is 396 g/mol. The van der Waals surface area contributed by atoms with E-state index in [0.717, 1.165) is 51.4 Å². The molecule has 3 heteroatoms. The fraction of sp³-hybridized carbons (Fsp3) is 0.897. The van der Waals surface area contributed by atoms with Crippen LogP contribution in [0.15, 0.2) is 11.1 Å². The summed E-state index contributed by atoms with van der Waals surface area (Å²) < 4.78 is 0. The summed E-state index contributed by atoms with van der Waals surface area (Å²) in [5.41, 5.74) is 2.80. The maximum Gasteiger partial charge on any atom is 0.141 e. The van der Waals surface area contributed by atoms with Crippen LogP contribution in [0, 0.1) is 44.8 Å². The van der Waals surface area contributed by atoms with Crippen molar-refractivity contribution >= 4 is 5.78 Å². The normalized spacial score (nSPS) is 51.9. The van der Waals surface area contributed by atoms with Gasteiger partial charge in [-0.1, -0.05) is 59.6 Å². The zero-order valence-electron chi connectivity index (χ0n) is 21.6. The monoisotopic (exact) mass is 442 g/mol. The number of carbonyl (C=O) groups excluding carboxylic acids is 1. The summed E-state index contributed by atoms with van der Waals surface area (Å²) in [6.45, 7) is 16.4. The second-order valence-corrected chi connectivity index (χ2v) is 14.6. The van der Waals surface area contributed by atoms with Crippen molar-refractivity contribution in [1.29, 1.82) is 0 Å². The van der Waals surface area contributed by atoms with Gasteiger partial charge in [-0.15, -0.1) is 0 Å². The van der Waals surface area contributed by atoms with Crippen LogP contribution in [0.5, 0.6) is 0 Å². The number of hydrogen-bond acceptors (Lipinski definition) is 3. The zero-order chi connectivity index (χ0) is 23.5. The van der Waals surface area contributed by atoms with Crippen LogP contribution in [0.4, 0.5) is 0 Å². The van der Waals surface area contributed by atoms with Gasteiger partial charge in [-0.25, -0.2) is 0 Å². The molecule has 5 aliphatic carbocycles. The molecule has 0 aromatic heterocycles. The van der Waals surface area contributed by atoms with Gasteiger partial charge in [0, 0.05) is 18.3 Å². The summed E-state index contributed by atoms with van der Waals surface area (Å²) >= 11 is 0. The Kier molecular flexibility index (Phi) is 4.85. The van der Waals surface area contributed by atoms with Crippen molar-refractivity contribution in [3.63, 3.8) is 0 Å². The average molecular weight is 443 g/mol. The number of fused-ring (bicyclic) bond motifs is 6. The first-order valence-electron chi connectivity index (χ1n) is 13.3. The van der Waals surface area contributed by atoms with Gasteiger partial charge in [0.15, 0.2) is 0 Å². The SMILES string of the molecule is CC1(C)CC2=C3CC(=O)[C@@H]4[C@@]5(C)CC[C@H](O)C(C)(C)[C@@H]5CC[C@@]4(C)[C@]3(C)CC[C@H]2[C@H](O)C1. The quantitative estimate of drug-likeness (QED) is 0.447. The highest BCUT2D eigenvalue weighted by atomic mass is 16.3. The molecule has 0 spiro atoms. The predicted molar refractivity (Wildman–Crippen MR) is 128 cm³/mol. The third-order valence-corrected chi connectivity index (χ3v) is 12.0. The minimum atomic E-state index is -0.265. The van der Waals surface area contributed by atoms with Crippen molar-refractivity contribution < 1.29 is 15.0 Å². The number of aliphatic hydroxyl groups is 2. The Morgan fingerprint density at radius 3 is 2.25 bits per heavy atom. The summed E-state index contributed by atoms with van der Waals surface area (Å²) in [6.07, 6.45) is 8.09. The van der Waals surface area contributed by atoms with Crippen molar-refractivity contribution in [3.05, 3.63) is 11.1 Å². The van der Waals surface area contributed by atoms with Gasteiger partial charge in [0.2, 0.25) is 0 Å². The molecule has 3 nitrogen and oxygen atoms in total. The van der Waals surface area contributed by atoms with Crippen molar-refractivity contribution in [3.8, 4) is 0 Å². The maximum atomic E-state index is 14.1. The lowest BCUT2D eigenvalue weighted by Gasteiger charge is -2.69. The van der Waals surface area contributed by atoms with E-state index >= 15 is 0 Å². The van der Waals surface area contributed by atoms with Gasteiger partial charge in [0.05, 0.1) is 12.2 Å². The first-order chi connectivity index (χ1) is 14.7. The van der Waals surface area contributed by atoms with Crippen LogP contribution in [0.25, 0.3) is 0 Å². The van der Waals surface area contributed by atoms with Gasteiger partial charge in [0.25, 0.3) is 0 Å². The first-order valence-corrected chi connectivity index (χ1v) is 13.3. The lowest BCUT2D eigenvalue weighted by molar-refractivity contribution is -0.203. The van der Waals surface area contributed by atoms with Gasteiger partial charge in [-0.3, -0.25) is 4.79 Å². The van der Waals surface area contributed by atoms with Gasteiger partial charge in [-0.2, -0.15) is 0 Å². The van der Waals surface area contributed by atoms with Crippen molar-refractivity contribution in [1.82, 2.24) is 0 Å². The molecule has 2 N–H and O–H groups in total. The molecule has 32 heavy (non-hydrogen) atoms. The van der Waals surface area contributed by atoms with Crippen LogP contribution >= 0.6 is 0 Å². The number of allylic oxidation sites excluding steroid dienone is 1. The lowest BCUT2D eigenvalue weighted by Crippen LogP contribution is -2.66. The molecule has 5 aliphatic rings. The summed E-state index contributed by atoms with van der Waals surface area (Å²) in [6, 6.07) is 0.